The molecule has 0 aliphatic heterocycles. The van der Waals surface area contributed by atoms with Gasteiger partial charge in [0.2, 0.25) is 0 Å². The first-order valence-corrected chi connectivity index (χ1v) is 21.7. The molecule has 3 aromatic carbocycles. The van der Waals surface area contributed by atoms with Crippen molar-refractivity contribution in [1.82, 2.24) is 0 Å². The van der Waals surface area contributed by atoms with Crippen LogP contribution in [0.15, 0.2) is 220 Å². The molecular weight excluding hydrogens is 685 g/mol. The highest BCUT2D eigenvalue weighted by molar-refractivity contribution is 5.78. The SMILES string of the molecule is CC1(C)C2=C3C4=C(C=C(C5=CC(c6ccccc6)=CCC5)CC41)C1C=C(C4=CCCC(c5ccccc5)=C4)C=CC1C3CC(C1=CC=CC(c3ccccc3)C1)=C2. The highest BCUT2D eigenvalue weighted by Gasteiger charge is 2.55. The van der Waals surface area contributed by atoms with Gasteiger partial charge >= 0.3 is 0 Å². The third-order valence-electron chi connectivity index (χ3n) is 14.7. The molecule has 0 spiro atoms. The Bertz CT molecular complexity index is 2540. The van der Waals surface area contributed by atoms with Gasteiger partial charge in [-0.25, -0.2) is 0 Å². The van der Waals surface area contributed by atoms with Crippen molar-refractivity contribution in [3.8, 4) is 0 Å². The molecule has 0 saturated carbocycles. The maximum atomic E-state index is 2.71. The van der Waals surface area contributed by atoms with Crippen LogP contribution in [0, 0.1) is 29.1 Å². The Labute approximate surface area is 339 Å². The fraction of sp³-hybridized carbons (Fsp3) is 0.263. The summed E-state index contributed by atoms with van der Waals surface area (Å²) in [5, 5.41) is 0. The van der Waals surface area contributed by atoms with Crippen molar-refractivity contribution in [2.75, 3.05) is 0 Å². The topological polar surface area (TPSA) is 0 Å². The Morgan fingerprint density at radius 1 is 0.561 bits per heavy atom. The van der Waals surface area contributed by atoms with Gasteiger partial charge in [-0.05, 0) is 152 Å². The van der Waals surface area contributed by atoms with E-state index in [9.17, 15) is 0 Å². The minimum absolute atomic E-state index is 0.0551. The average Bonchev–Trinajstić information content (AvgIpc) is 3.52. The molecule has 0 N–H and O–H groups in total. The molecule has 3 aromatic rings. The quantitative estimate of drug-likeness (QED) is 0.236. The minimum Gasteiger partial charge on any atom is -0.0793 e. The largest absolute Gasteiger partial charge is 0.0793 e. The highest BCUT2D eigenvalue weighted by atomic mass is 14.6. The Morgan fingerprint density at radius 3 is 2.04 bits per heavy atom. The van der Waals surface area contributed by atoms with E-state index >= 15 is 0 Å². The summed E-state index contributed by atoms with van der Waals surface area (Å²) in [5.41, 5.74) is 22.7. The van der Waals surface area contributed by atoms with Gasteiger partial charge in [0.25, 0.3) is 0 Å². The standard InChI is InChI=1S/C57H52/c1-57(2)53-35-47(44-25-13-22-41(30-44)38-17-8-4-9-18-38)33-51-49-28-27-46(43-24-12-21-40(29-43)37-15-6-3-7-16-37)32-50(49)52-34-48(36-54(57)56(52)55(51)53)45-26-14-23-42(31-45)39-19-10-5-11-20-39/h3-11,13,15-20,22-25,27-29,31-32,34-35,41,49-51,54H,12,14,21,26,30,33,36H2,1-2H3. The van der Waals surface area contributed by atoms with E-state index in [1.807, 2.05) is 0 Å². The van der Waals surface area contributed by atoms with Crippen LogP contribution < -0.4 is 0 Å². The van der Waals surface area contributed by atoms with Gasteiger partial charge in [0.05, 0.1) is 0 Å². The molecule has 8 aliphatic carbocycles. The maximum absolute atomic E-state index is 2.71. The predicted molar refractivity (Wildman–Crippen MR) is 239 cm³/mol. The lowest BCUT2D eigenvalue weighted by molar-refractivity contribution is 0.321. The molecule has 280 valence electrons. The van der Waals surface area contributed by atoms with E-state index in [0.717, 1.165) is 44.9 Å². The lowest BCUT2D eigenvalue weighted by Crippen LogP contribution is -2.35. The van der Waals surface area contributed by atoms with E-state index in [1.54, 1.807) is 39.0 Å². The summed E-state index contributed by atoms with van der Waals surface area (Å²) >= 11 is 0. The molecule has 5 atom stereocenters. The Morgan fingerprint density at radius 2 is 1.25 bits per heavy atom. The van der Waals surface area contributed by atoms with Crippen LogP contribution in [0.5, 0.6) is 0 Å². The lowest BCUT2D eigenvalue weighted by Gasteiger charge is -2.45. The molecule has 0 nitrogen and oxygen atoms in total. The normalized spacial score (nSPS) is 28.2. The number of benzene rings is 3. The van der Waals surface area contributed by atoms with Gasteiger partial charge in [0.15, 0.2) is 0 Å². The summed E-state index contributed by atoms with van der Waals surface area (Å²) in [7, 11) is 0. The monoisotopic (exact) mass is 736 g/mol. The average molecular weight is 737 g/mol. The van der Waals surface area contributed by atoms with Crippen LogP contribution in [0.3, 0.4) is 0 Å². The third-order valence-corrected chi connectivity index (χ3v) is 14.7. The number of rotatable bonds is 6. The fourth-order valence-electron chi connectivity index (χ4n) is 11.8. The minimum atomic E-state index is 0.0551. The second-order valence-electron chi connectivity index (χ2n) is 18.2. The van der Waals surface area contributed by atoms with Crippen molar-refractivity contribution in [3.05, 3.63) is 236 Å². The Hall–Kier alpha value is -5.46. The first kappa shape index (κ1) is 34.8. The number of hydrogen-bond acceptors (Lipinski definition) is 0. The van der Waals surface area contributed by atoms with Crippen LogP contribution >= 0.6 is 0 Å². The summed E-state index contributed by atoms with van der Waals surface area (Å²) in [6.07, 6.45) is 38.2. The van der Waals surface area contributed by atoms with Crippen molar-refractivity contribution in [2.24, 2.45) is 29.1 Å². The van der Waals surface area contributed by atoms with E-state index in [2.05, 4.69) is 178 Å². The van der Waals surface area contributed by atoms with Crippen LogP contribution in [0.2, 0.25) is 0 Å². The zero-order valence-electron chi connectivity index (χ0n) is 33.4. The molecule has 8 aliphatic rings. The molecule has 0 fully saturated rings. The molecule has 57 heavy (non-hydrogen) atoms. The number of hydrogen-bond donors (Lipinski definition) is 0. The van der Waals surface area contributed by atoms with Crippen LogP contribution in [0.4, 0.5) is 0 Å². The van der Waals surface area contributed by atoms with Crippen LogP contribution in [0.25, 0.3) is 11.1 Å². The van der Waals surface area contributed by atoms with E-state index in [-0.39, 0.29) is 5.41 Å². The molecule has 0 radical (unpaired) electrons. The molecule has 0 bridgehead atoms. The van der Waals surface area contributed by atoms with Gasteiger partial charge in [-0.3, -0.25) is 0 Å². The molecule has 5 unspecified atom stereocenters. The van der Waals surface area contributed by atoms with Crippen molar-refractivity contribution in [1.29, 1.82) is 0 Å². The highest BCUT2D eigenvalue weighted by Crippen LogP contribution is 2.66. The maximum Gasteiger partial charge on any atom is 0.00991 e. The summed E-state index contributed by atoms with van der Waals surface area (Å²) in [6.45, 7) is 5.16. The van der Waals surface area contributed by atoms with Crippen molar-refractivity contribution < 1.29 is 0 Å². The predicted octanol–water partition coefficient (Wildman–Crippen LogP) is 14.5. The van der Waals surface area contributed by atoms with E-state index in [1.165, 1.54) is 44.6 Å². The summed E-state index contributed by atoms with van der Waals surface area (Å²) < 4.78 is 0. The second-order valence-corrected chi connectivity index (χ2v) is 18.2. The van der Waals surface area contributed by atoms with Crippen LogP contribution in [0.1, 0.15) is 81.4 Å². The second kappa shape index (κ2) is 13.9. The molecular formula is C57H52. The smallest absolute Gasteiger partial charge is 0.00991 e. The number of allylic oxidation sites excluding steroid dienone is 24. The summed E-state index contributed by atoms with van der Waals surface area (Å²) in [6, 6.07) is 33.2. The molecule has 0 amide bonds. The molecule has 11 rings (SSSR count). The first-order chi connectivity index (χ1) is 28.0. The molecule has 0 heteroatoms. The third kappa shape index (κ3) is 5.94. The molecule has 0 aromatic heterocycles. The number of fused-ring (bicyclic) bond motifs is 3. The zero-order valence-corrected chi connectivity index (χ0v) is 33.4. The van der Waals surface area contributed by atoms with Gasteiger partial charge < -0.3 is 0 Å². The Balaban J connectivity index is 1.03. The van der Waals surface area contributed by atoms with Gasteiger partial charge in [-0.2, -0.15) is 0 Å². The summed E-state index contributed by atoms with van der Waals surface area (Å²) in [5.74, 6) is 2.22. The van der Waals surface area contributed by atoms with E-state index in [0.29, 0.717) is 29.6 Å². The first-order valence-electron chi connectivity index (χ1n) is 21.7. The van der Waals surface area contributed by atoms with Crippen molar-refractivity contribution in [3.63, 3.8) is 0 Å². The van der Waals surface area contributed by atoms with Crippen LogP contribution in [-0.2, 0) is 0 Å². The van der Waals surface area contributed by atoms with Gasteiger partial charge in [0, 0.05) is 11.8 Å². The summed E-state index contributed by atoms with van der Waals surface area (Å²) in [4.78, 5) is 0. The molecule has 0 saturated heterocycles. The van der Waals surface area contributed by atoms with Gasteiger partial charge in [-0.15, -0.1) is 0 Å². The lowest BCUT2D eigenvalue weighted by atomic mass is 9.58. The van der Waals surface area contributed by atoms with Crippen molar-refractivity contribution in [2.45, 2.75) is 64.7 Å². The Kier molecular flexibility index (Phi) is 8.46. The van der Waals surface area contributed by atoms with Gasteiger partial charge in [-0.1, -0.05) is 178 Å². The zero-order chi connectivity index (χ0) is 38.1. The van der Waals surface area contributed by atoms with Crippen molar-refractivity contribution >= 4 is 11.1 Å². The molecule has 0 heterocycles. The van der Waals surface area contributed by atoms with E-state index < -0.39 is 0 Å². The van der Waals surface area contributed by atoms with Crippen LogP contribution in [-0.4, -0.2) is 0 Å². The van der Waals surface area contributed by atoms with Gasteiger partial charge in [0.1, 0.15) is 0 Å². The van der Waals surface area contributed by atoms with E-state index in [4.69, 9.17) is 0 Å². The fourth-order valence-corrected chi connectivity index (χ4v) is 11.8.